The third-order valence-corrected chi connectivity index (χ3v) is 5.52. The quantitative estimate of drug-likeness (QED) is 0.296. The van der Waals surface area contributed by atoms with Crippen LogP contribution in [0, 0.1) is 0 Å². The fourth-order valence-electron chi connectivity index (χ4n) is 3.08. The van der Waals surface area contributed by atoms with E-state index in [2.05, 4.69) is 41.8 Å². The van der Waals surface area contributed by atoms with Gasteiger partial charge in [0, 0.05) is 23.7 Å². The van der Waals surface area contributed by atoms with Gasteiger partial charge in [0.25, 0.3) is 5.52 Å². The van der Waals surface area contributed by atoms with Crippen LogP contribution >= 0.6 is 11.3 Å². The van der Waals surface area contributed by atoms with Crippen molar-refractivity contribution in [1.82, 2.24) is 0 Å². The van der Waals surface area contributed by atoms with Gasteiger partial charge in [0.1, 0.15) is 13.1 Å². The van der Waals surface area contributed by atoms with Crippen molar-refractivity contribution in [2.45, 2.75) is 13.8 Å². The maximum absolute atomic E-state index is 5.98. The number of anilines is 1. The molecular formula is C24H27N2O2S+. The zero-order valence-corrected chi connectivity index (χ0v) is 18.4. The summed E-state index contributed by atoms with van der Waals surface area (Å²) in [4.78, 5) is 3.27. The number of oxazole rings is 1. The van der Waals surface area contributed by atoms with Crippen molar-refractivity contribution in [3.8, 4) is 10.4 Å². The molecule has 5 heteroatoms. The molecule has 0 aliphatic heterocycles. The number of benzene rings is 2. The first-order valence-electron chi connectivity index (χ1n) is 9.68. The number of methoxy groups -OCH3 is 1. The molecular weight excluding hydrogens is 380 g/mol. The van der Waals surface area contributed by atoms with Crippen molar-refractivity contribution < 1.29 is 13.7 Å². The molecule has 0 aliphatic rings. The summed E-state index contributed by atoms with van der Waals surface area (Å²) < 4.78 is 13.7. The monoisotopic (exact) mass is 407 g/mol. The maximum Gasteiger partial charge on any atom is 0.379 e. The normalized spacial score (nSPS) is 11.1. The molecule has 0 saturated heterocycles. The molecule has 0 N–H and O–H groups in total. The lowest BCUT2D eigenvalue weighted by molar-refractivity contribution is -0.652. The number of thiophene rings is 1. The molecule has 4 rings (SSSR count). The molecule has 0 saturated carbocycles. The van der Waals surface area contributed by atoms with Gasteiger partial charge >= 0.3 is 5.89 Å². The number of aryl methyl sites for hydroxylation is 1. The van der Waals surface area contributed by atoms with E-state index in [1.165, 1.54) is 10.4 Å². The second kappa shape index (κ2) is 9.43. The van der Waals surface area contributed by atoms with Crippen molar-refractivity contribution in [2.75, 3.05) is 19.1 Å². The molecule has 0 bridgehead atoms. The minimum atomic E-state index is 0.702. The Kier molecular flexibility index (Phi) is 6.73. The van der Waals surface area contributed by atoms with Crippen molar-refractivity contribution in [3.05, 3.63) is 77.8 Å². The molecule has 0 fully saturated rings. The molecule has 0 aliphatic carbocycles. The van der Waals surface area contributed by atoms with E-state index < -0.39 is 0 Å². The van der Waals surface area contributed by atoms with Crippen LogP contribution in [-0.2, 0) is 11.8 Å². The Hall–Kier alpha value is -3.05. The highest BCUT2D eigenvalue weighted by molar-refractivity contribution is 7.13. The van der Waals surface area contributed by atoms with Crippen molar-refractivity contribution >= 4 is 34.2 Å². The number of hydrogen-bond donors (Lipinski definition) is 0. The Bertz CT molecular complexity index is 1100. The van der Waals surface area contributed by atoms with Crippen LogP contribution in [0.25, 0.3) is 27.6 Å². The summed E-state index contributed by atoms with van der Waals surface area (Å²) in [6.07, 6.45) is 1.91. The van der Waals surface area contributed by atoms with E-state index in [0.29, 0.717) is 5.88 Å². The standard InChI is InChI=1S/C22H21N2O2S.C2H6/c1-23(17-9-6-8-16(14-17)20-12-7-13-27-20)21(25-3)15-22-24(2)18-10-4-5-11-19(18)26-22;1-2/h4-15H,1-3H3;1-2H3/q+1;. The Morgan fingerprint density at radius 2 is 1.86 bits per heavy atom. The first-order chi connectivity index (χ1) is 14.2. The molecule has 0 amide bonds. The van der Waals surface area contributed by atoms with Gasteiger partial charge in [-0.05, 0) is 35.2 Å². The fraction of sp³-hybridized carbons (Fsp3) is 0.208. The van der Waals surface area contributed by atoms with E-state index in [0.717, 1.165) is 22.7 Å². The van der Waals surface area contributed by atoms with Crippen LogP contribution in [0.4, 0.5) is 5.69 Å². The predicted molar refractivity (Wildman–Crippen MR) is 122 cm³/mol. The number of aromatic nitrogens is 1. The average molecular weight is 408 g/mol. The van der Waals surface area contributed by atoms with E-state index in [-0.39, 0.29) is 0 Å². The van der Waals surface area contributed by atoms with Crippen molar-refractivity contribution in [1.29, 1.82) is 0 Å². The first-order valence-corrected chi connectivity index (χ1v) is 10.6. The van der Waals surface area contributed by atoms with E-state index >= 15 is 0 Å². The lowest BCUT2D eigenvalue weighted by Crippen LogP contribution is -2.30. The van der Waals surface area contributed by atoms with Gasteiger partial charge in [-0.15, -0.1) is 11.3 Å². The lowest BCUT2D eigenvalue weighted by Gasteiger charge is -2.21. The van der Waals surface area contributed by atoms with E-state index in [1.807, 2.05) is 67.8 Å². The Balaban J connectivity index is 0.00000117. The largest absolute Gasteiger partial charge is 0.482 e. The lowest BCUT2D eigenvalue weighted by atomic mass is 10.1. The predicted octanol–water partition coefficient (Wildman–Crippen LogP) is 6.09. The second-order valence-electron chi connectivity index (χ2n) is 6.24. The minimum absolute atomic E-state index is 0.702. The van der Waals surface area contributed by atoms with Gasteiger partial charge in [-0.2, -0.15) is 4.57 Å². The van der Waals surface area contributed by atoms with Gasteiger partial charge in [-0.1, -0.05) is 44.2 Å². The van der Waals surface area contributed by atoms with Gasteiger partial charge in [0.05, 0.1) is 7.11 Å². The molecule has 4 aromatic rings. The van der Waals surface area contributed by atoms with Gasteiger partial charge in [0.2, 0.25) is 11.5 Å². The van der Waals surface area contributed by atoms with Gasteiger partial charge in [-0.25, -0.2) is 0 Å². The highest BCUT2D eigenvalue weighted by Gasteiger charge is 2.19. The number of fused-ring (bicyclic) bond motifs is 1. The summed E-state index contributed by atoms with van der Waals surface area (Å²) in [7, 11) is 5.65. The topological polar surface area (TPSA) is 29.5 Å². The smallest absolute Gasteiger partial charge is 0.379 e. The Labute approximate surface area is 176 Å². The Morgan fingerprint density at radius 3 is 2.55 bits per heavy atom. The molecule has 2 aromatic carbocycles. The summed E-state index contributed by atoms with van der Waals surface area (Å²) in [5, 5.41) is 2.09. The molecule has 0 spiro atoms. The van der Waals surface area contributed by atoms with Gasteiger partial charge in [0.15, 0.2) is 0 Å². The van der Waals surface area contributed by atoms with Crippen LogP contribution in [0.5, 0.6) is 0 Å². The molecule has 2 aromatic heterocycles. The van der Waals surface area contributed by atoms with Crippen LogP contribution in [0.15, 0.2) is 76.3 Å². The zero-order valence-electron chi connectivity index (χ0n) is 17.5. The number of hydrogen-bond acceptors (Lipinski definition) is 4. The van der Waals surface area contributed by atoms with Crippen LogP contribution in [0.2, 0.25) is 0 Å². The Morgan fingerprint density at radius 1 is 1.07 bits per heavy atom. The number of rotatable bonds is 5. The van der Waals surface area contributed by atoms with Crippen molar-refractivity contribution in [3.63, 3.8) is 0 Å². The number of nitrogens with zero attached hydrogens (tertiary/aromatic N) is 2. The molecule has 29 heavy (non-hydrogen) atoms. The van der Waals surface area contributed by atoms with E-state index in [1.54, 1.807) is 18.4 Å². The number of para-hydroxylation sites is 2. The van der Waals surface area contributed by atoms with Gasteiger partial charge in [-0.3, -0.25) is 0 Å². The zero-order chi connectivity index (χ0) is 20.8. The first kappa shape index (κ1) is 20.7. The summed E-state index contributed by atoms with van der Waals surface area (Å²) in [6, 6.07) is 20.6. The van der Waals surface area contributed by atoms with Crippen molar-refractivity contribution in [2.24, 2.45) is 7.05 Å². The summed E-state index contributed by atoms with van der Waals surface area (Å²) in [5.74, 6) is 1.43. The average Bonchev–Trinajstić information content (AvgIpc) is 3.42. The second-order valence-corrected chi connectivity index (χ2v) is 7.19. The molecule has 0 atom stereocenters. The third-order valence-electron chi connectivity index (χ3n) is 4.60. The molecule has 150 valence electrons. The van der Waals surface area contributed by atoms with E-state index in [9.17, 15) is 0 Å². The summed E-state index contributed by atoms with van der Waals surface area (Å²) in [5.41, 5.74) is 4.14. The van der Waals surface area contributed by atoms with E-state index in [4.69, 9.17) is 9.15 Å². The molecule has 0 unspecified atom stereocenters. The van der Waals surface area contributed by atoms with Crippen LogP contribution in [0.3, 0.4) is 0 Å². The minimum Gasteiger partial charge on any atom is -0.482 e. The highest BCUT2D eigenvalue weighted by Crippen LogP contribution is 2.29. The molecule has 0 radical (unpaired) electrons. The van der Waals surface area contributed by atoms with Gasteiger partial charge < -0.3 is 14.1 Å². The maximum atomic E-state index is 5.98. The van der Waals surface area contributed by atoms with Crippen LogP contribution in [-0.4, -0.2) is 14.2 Å². The third kappa shape index (κ3) is 4.35. The summed E-state index contributed by atoms with van der Waals surface area (Å²) in [6.45, 7) is 4.00. The SMILES string of the molecule is CC.COC(=Cc1oc2ccccc2[n+]1C)N(C)c1cccc(-c2cccs2)c1. The summed E-state index contributed by atoms with van der Waals surface area (Å²) >= 11 is 1.73. The molecule has 4 nitrogen and oxygen atoms in total. The van der Waals surface area contributed by atoms with Crippen LogP contribution in [0.1, 0.15) is 19.7 Å². The van der Waals surface area contributed by atoms with Crippen LogP contribution < -0.4 is 9.47 Å². The molecule has 2 heterocycles. The fourth-order valence-corrected chi connectivity index (χ4v) is 3.81. The number of ether oxygens (including phenoxy) is 1. The highest BCUT2D eigenvalue weighted by atomic mass is 32.1.